The number of hydrogen-bond donors (Lipinski definition) is 0. The highest BCUT2D eigenvalue weighted by Gasteiger charge is 2.19. The Morgan fingerprint density at radius 2 is 2.10 bits per heavy atom. The summed E-state index contributed by atoms with van der Waals surface area (Å²) in [4.78, 5) is 4.95. The monoisotopic (exact) mass is 290 g/mol. The van der Waals surface area contributed by atoms with Crippen LogP contribution in [0.25, 0.3) is 11.0 Å². The van der Waals surface area contributed by atoms with Crippen molar-refractivity contribution in [2.24, 2.45) is 0 Å². The zero-order chi connectivity index (χ0) is 13.9. The van der Waals surface area contributed by atoms with Gasteiger partial charge in [-0.25, -0.2) is 0 Å². The molecule has 2 aromatic rings. The Labute approximate surface area is 124 Å². The molecular weight excluding hydrogens is 268 g/mol. The van der Waals surface area contributed by atoms with Crippen LogP contribution in [0.2, 0.25) is 0 Å². The second kappa shape index (κ2) is 6.16. The number of hydrogen-bond acceptors (Lipinski definition) is 5. The van der Waals surface area contributed by atoms with Crippen molar-refractivity contribution in [1.29, 1.82) is 0 Å². The van der Waals surface area contributed by atoms with Crippen molar-refractivity contribution in [2.75, 3.05) is 27.2 Å². The van der Waals surface area contributed by atoms with E-state index in [1.807, 2.05) is 0 Å². The quantitative estimate of drug-likeness (QED) is 0.870. The first-order chi connectivity index (χ1) is 9.72. The maximum Gasteiger partial charge on any atom is 0.105 e. The standard InChI is InChI=1S/C15H22N4S/c1-18(2)13-5-3-4-8-19(11-13)10-12-6-7-14-15(9-12)17-20-16-14/h6-7,9,13H,3-5,8,10-11H2,1-2H3. The third kappa shape index (κ3) is 3.16. The van der Waals surface area contributed by atoms with Gasteiger partial charge in [0.15, 0.2) is 0 Å². The molecule has 108 valence electrons. The van der Waals surface area contributed by atoms with Crippen LogP contribution < -0.4 is 0 Å². The first-order valence-corrected chi connectivity index (χ1v) is 8.05. The summed E-state index contributed by atoms with van der Waals surface area (Å²) in [6, 6.07) is 7.16. The third-order valence-electron chi connectivity index (χ3n) is 4.19. The molecule has 1 unspecified atom stereocenters. The minimum Gasteiger partial charge on any atom is -0.305 e. The second-order valence-electron chi connectivity index (χ2n) is 5.94. The zero-order valence-corrected chi connectivity index (χ0v) is 13.1. The number of benzene rings is 1. The Bertz CT molecular complexity index is 566. The van der Waals surface area contributed by atoms with Crippen molar-refractivity contribution in [2.45, 2.75) is 31.8 Å². The average molecular weight is 290 g/mol. The van der Waals surface area contributed by atoms with E-state index in [1.54, 1.807) is 0 Å². The predicted molar refractivity (Wildman–Crippen MR) is 84.0 cm³/mol. The molecule has 2 heterocycles. The first-order valence-electron chi connectivity index (χ1n) is 7.32. The first kappa shape index (κ1) is 13.9. The molecule has 0 bridgehead atoms. The summed E-state index contributed by atoms with van der Waals surface area (Å²) < 4.78 is 8.61. The SMILES string of the molecule is CN(C)C1CCCCN(Cc2ccc3nsnc3c2)C1. The molecule has 0 N–H and O–H groups in total. The van der Waals surface area contributed by atoms with Gasteiger partial charge < -0.3 is 4.90 Å². The maximum absolute atomic E-state index is 4.34. The predicted octanol–water partition coefficient (Wildman–Crippen LogP) is 2.61. The molecule has 1 aromatic carbocycles. The van der Waals surface area contributed by atoms with Gasteiger partial charge in [-0.05, 0) is 51.2 Å². The lowest BCUT2D eigenvalue weighted by Gasteiger charge is -2.28. The van der Waals surface area contributed by atoms with Crippen LogP contribution in [0.15, 0.2) is 18.2 Å². The molecule has 1 fully saturated rings. The second-order valence-corrected chi connectivity index (χ2v) is 6.46. The topological polar surface area (TPSA) is 32.3 Å². The number of nitrogens with zero attached hydrogens (tertiary/aromatic N) is 4. The molecule has 0 spiro atoms. The van der Waals surface area contributed by atoms with Crippen molar-refractivity contribution in [3.8, 4) is 0 Å². The minimum absolute atomic E-state index is 0.683. The highest BCUT2D eigenvalue weighted by Crippen LogP contribution is 2.19. The van der Waals surface area contributed by atoms with E-state index < -0.39 is 0 Å². The molecular formula is C15H22N4S. The molecule has 5 heteroatoms. The summed E-state index contributed by atoms with van der Waals surface area (Å²) in [5.41, 5.74) is 3.40. The van der Waals surface area contributed by atoms with Crippen molar-refractivity contribution in [3.05, 3.63) is 23.8 Å². The van der Waals surface area contributed by atoms with E-state index in [1.165, 1.54) is 49.6 Å². The van der Waals surface area contributed by atoms with Crippen molar-refractivity contribution in [3.63, 3.8) is 0 Å². The van der Waals surface area contributed by atoms with Crippen molar-refractivity contribution in [1.82, 2.24) is 18.5 Å². The lowest BCUT2D eigenvalue weighted by atomic mass is 10.1. The van der Waals surface area contributed by atoms with Crippen LogP contribution in [0.1, 0.15) is 24.8 Å². The van der Waals surface area contributed by atoms with Gasteiger partial charge in [0.2, 0.25) is 0 Å². The average Bonchev–Trinajstić information content (AvgIpc) is 2.76. The van der Waals surface area contributed by atoms with Crippen LogP contribution in [0.3, 0.4) is 0 Å². The van der Waals surface area contributed by atoms with Gasteiger partial charge in [-0.1, -0.05) is 12.5 Å². The highest BCUT2D eigenvalue weighted by molar-refractivity contribution is 7.00. The molecule has 1 atom stereocenters. The molecule has 1 aliphatic heterocycles. The van der Waals surface area contributed by atoms with Crippen LogP contribution in [0.5, 0.6) is 0 Å². The Kier molecular flexibility index (Phi) is 4.29. The fourth-order valence-corrected chi connectivity index (χ4v) is 3.46. The van der Waals surface area contributed by atoms with Gasteiger partial charge in [-0.15, -0.1) is 0 Å². The van der Waals surface area contributed by atoms with Crippen LogP contribution in [0.4, 0.5) is 0 Å². The van der Waals surface area contributed by atoms with E-state index in [9.17, 15) is 0 Å². The van der Waals surface area contributed by atoms with E-state index in [0.717, 1.165) is 17.6 Å². The van der Waals surface area contributed by atoms with E-state index in [4.69, 9.17) is 0 Å². The number of fused-ring (bicyclic) bond motifs is 1. The van der Waals surface area contributed by atoms with E-state index >= 15 is 0 Å². The van der Waals surface area contributed by atoms with Gasteiger partial charge in [0.25, 0.3) is 0 Å². The molecule has 1 aromatic heterocycles. The van der Waals surface area contributed by atoms with E-state index in [-0.39, 0.29) is 0 Å². The summed E-state index contributed by atoms with van der Waals surface area (Å²) in [5, 5.41) is 0. The zero-order valence-electron chi connectivity index (χ0n) is 12.2. The number of likely N-dealkylation sites (N-methyl/N-ethyl adjacent to an activating group) is 1. The Morgan fingerprint density at radius 1 is 1.25 bits per heavy atom. The van der Waals surface area contributed by atoms with E-state index in [2.05, 4.69) is 50.8 Å². The van der Waals surface area contributed by atoms with Crippen LogP contribution >= 0.6 is 11.7 Å². The molecule has 20 heavy (non-hydrogen) atoms. The number of rotatable bonds is 3. The molecule has 0 radical (unpaired) electrons. The summed E-state index contributed by atoms with van der Waals surface area (Å²) in [6.45, 7) is 3.40. The van der Waals surface area contributed by atoms with Gasteiger partial charge >= 0.3 is 0 Å². The van der Waals surface area contributed by atoms with Crippen LogP contribution in [0, 0.1) is 0 Å². The molecule has 4 nitrogen and oxygen atoms in total. The molecule has 0 amide bonds. The number of aromatic nitrogens is 2. The highest BCUT2D eigenvalue weighted by atomic mass is 32.1. The molecule has 0 saturated carbocycles. The van der Waals surface area contributed by atoms with Crippen molar-refractivity contribution >= 4 is 22.8 Å². The Morgan fingerprint density at radius 3 is 2.95 bits per heavy atom. The molecule has 3 rings (SSSR count). The lowest BCUT2D eigenvalue weighted by Crippen LogP contribution is -2.38. The fourth-order valence-electron chi connectivity index (χ4n) is 2.95. The van der Waals surface area contributed by atoms with Gasteiger partial charge in [0.05, 0.1) is 11.7 Å². The van der Waals surface area contributed by atoms with E-state index in [0.29, 0.717) is 6.04 Å². The Balaban J connectivity index is 1.71. The van der Waals surface area contributed by atoms with Gasteiger partial charge in [0, 0.05) is 19.1 Å². The molecule has 1 saturated heterocycles. The summed E-state index contributed by atoms with van der Waals surface area (Å²) in [6.07, 6.45) is 3.97. The van der Waals surface area contributed by atoms with Gasteiger partial charge in [0.1, 0.15) is 11.0 Å². The smallest absolute Gasteiger partial charge is 0.105 e. The van der Waals surface area contributed by atoms with Gasteiger partial charge in [-0.3, -0.25) is 4.90 Å². The largest absolute Gasteiger partial charge is 0.305 e. The number of likely N-dealkylation sites (tertiary alicyclic amines) is 1. The lowest BCUT2D eigenvalue weighted by molar-refractivity contribution is 0.191. The summed E-state index contributed by atoms with van der Waals surface area (Å²) in [7, 11) is 4.39. The summed E-state index contributed by atoms with van der Waals surface area (Å²) >= 11 is 1.30. The summed E-state index contributed by atoms with van der Waals surface area (Å²) in [5.74, 6) is 0. The normalized spacial score (nSPS) is 21.4. The van der Waals surface area contributed by atoms with Crippen molar-refractivity contribution < 1.29 is 0 Å². The van der Waals surface area contributed by atoms with Gasteiger partial charge in [-0.2, -0.15) is 8.75 Å². The minimum atomic E-state index is 0.683. The maximum atomic E-state index is 4.34. The van der Waals surface area contributed by atoms with Crippen LogP contribution in [-0.4, -0.2) is 51.8 Å². The molecule has 1 aliphatic rings. The van der Waals surface area contributed by atoms with Crippen LogP contribution in [-0.2, 0) is 6.54 Å². The molecule has 0 aliphatic carbocycles. The Hall–Kier alpha value is -1.04. The third-order valence-corrected chi connectivity index (χ3v) is 4.74. The fraction of sp³-hybridized carbons (Fsp3) is 0.600.